The lowest BCUT2D eigenvalue weighted by Gasteiger charge is -2.05. The molecule has 5 rings (SSSR count). The molecule has 7 heteroatoms. The van der Waals surface area contributed by atoms with Crippen LogP contribution in [0, 0.1) is 6.92 Å². The molecule has 0 bridgehead atoms. The lowest BCUT2D eigenvalue weighted by molar-refractivity contribution is 0.457. The standard InChI is InChI=1S/C21H20N6O/c1-12-5-6-22-9-17(12)18-7-16-19(10-23-18)26-21(28)20(16)13(2)25-14-8-24-27(11-14)15-3-4-15/h5-11,15,26,28H,3-4H2,1-2H3. The Labute approximate surface area is 161 Å². The number of aromatic nitrogens is 5. The van der Waals surface area contributed by atoms with Gasteiger partial charge in [0.25, 0.3) is 0 Å². The summed E-state index contributed by atoms with van der Waals surface area (Å²) in [6.07, 6.45) is 11.4. The highest BCUT2D eigenvalue weighted by molar-refractivity contribution is 6.13. The van der Waals surface area contributed by atoms with Crippen molar-refractivity contribution in [2.24, 2.45) is 4.99 Å². The third kappa shape index (κ3) is 2.85. The van der Waals surface area contributed by atoms with Gasteiger partial charge in [0.05, 0.1) is 47.1 Å². The average Bonchev–Trinajstić information content (AvgIpc) is 3.33. The quantitative estimate of drug-likeness (QED) is 0.522. The molecule has 28 heavy (non-hydrogen) atoms. The van der Waals surface area contributed by atoms with Crippen molar-refractivity contribution >= 4 is 22.3 Å². The van der Waals surface area contributed by atoms with Gasteiger partial charge in [0.1, 0.15) is 5.69 Å². The molecule has 4 aromatic rings. The predicted molar refractivity (Wildman–Crippen MR) is 108 cm³/mol. The topological polar surface area (TPSA) is 92.0 Å². The molecule has 0 aliphatic heterocycles. The highest BCUT2D eigenvalue weighted by Gasteiger charge is 2.24. The van der Waals surface area contributed by atoms with E-state index in [1.165, 1.54) is 12.8 Å². The number of nitrogens with one attached hydrogen (secondary N) is 1. The molecule has 1 saturated carbocycles. The van der Waals surface area contributed by atoms with Crippen LogP contribution in [-0.4, -0.2) is 35.6 Å². The Hall–Kier alpha value is -3.48. The van der Waals surface area contributed by atoms with E-state index in [0.717, 1.165) is 39.1 Å². The first-order valence-electron chi connectivity index (χ1n) is 9.31. The minimum Gasteiger partial charge on any atom is -0.494 e. The van der Waals surface area contributed by atoms with Gasteiger partial charge in [-0.15, -0.1) is 0 Å². The van der Waals surface area contributed by atoms with Crippen LogP contribution in [0.2, 0.25) is 0 Å². The monoisotopic (exact) mass is 372 g/mol. The summed E-state index contributed by atoms with van der Waals surface area (Å²) in [7, 11) is 0. The van der Waals surface area contributed by atoms with Gasteiger partial charge in [0.2, 0.25) is 0 Å². The smallest absolute Gasteiger partial charge is 0.198 e. The SMILES string of the molecule is CC(=Nc1cnn(C2CC2)c1)c1c(O)[nH]c2cnc(-c3cnccc3C)cc12. The van der Waals surface area contributed by atoms with Gasteiger partial charge in [0.15, 0.2) is 5.88 Å². The number of aryl methyl sites for hydroxylation is 1. The van der Waals surface area contributed by atoms with Crippen molar-refractivity contribution in [2.45, 2.75) is 32.7 Å². The Morgan fingerprint density at radius 2 is 2.14 bits per heavy atom. The van der Waals surface area contributed by atoms with E-state index in [0.29, 0.717) is 11.6 Å². The molecule has 2 N–H and O–H groups in total. The maximum Gasteiger partial charge on any atom is 0.198 e. The van der Waals surface area contributed by atoms with Crippen molar-refractivity contribution in [1.82, 2.24) is 24.7 Å². The van der Waals surface area contributed by atoms with E-state index in [1.54, 1.807) is 18.6 Å². The average molecular weight is 372 g/mol. The highest BCUT2D eigenvalue weighted by Crippen LogP contribution is 2.35. The van der Waals surface area contributed by atoms with E-state index in [1.807, 2.05) is 43.1 Å². The van der Waals surface area contributed by atoms with E-state index in [9.17, 15) is 5.11 Å². The maximum absolute atomic E-state index is 10.5. The lowest BCUT2D eigenvalue weighted by atomic mass is 10.0. The molecule has 0 radical (unpaired) electrons. The van der Waals surface area contributed by atoms with Crippen LogP contribution in [0.25, 0.3) is 22.2 Å². The molecule has 1 aliphatic carbocycles. The Kier molecular flexibility index (Phi) is 3.75. The zero-order valence-corrected chi connectivity index (χ0v) is 15.7. The van der Waals surface area contributed by atoms with Gasteiger partial charge in [-0.3, -0.25) is 14.6 Å². The summed E-state index contributed by atoms with van der Waals surface area (Å²) in [6.45, 7) is 3.93. The van der Waals surface area contributed by atoms with E-state index >= 15 is 0 Å². The number of aromatic amines is 1. The molecule has 0 aromatic carbocycles. The number of aromatic hydroxyl groups is 1. The number of rotatable bonds is 4. The zero-order valence-electron chi connectivity index (χ0n) is 15.7. The van der Waals surface area contributed by atoms with Crippen molar-refractivity contribution in [3.8, 4) is 17.1 Å². The van der Waals surface area contributed by atoms with Crippen LogP contribution in [0.4, 0.5) is 5.69 Å². The first kappa shape index (κ1) is 16.7. The summed E-state index contributed by atoms with van der Waals surface area (Å²) in [6, 6.07) is 4.44. The molecule has 0 unspecified atom stereocenters. The Morgan fingerprint density at radius 3 is 2.93 bits per heavy atom. The van der Waals surface area contributed by atoms with Crippen LogP contribution in [0.1, 0.15) is 36.9 Å². The summed E-state index contributed by atoms with van der Waals surface area (Å²) in [5, 5.41) is 15.8. The third-order valence-electron chi connectivity index (χ3n) is 5.15. The van der Waals surface area contributed by atoms with Crippen molar-refractivity contribution in [3.05, 3.63) is 54.2 Å². The van der Waals surface area contributed by atoms with Crippen molar-refractivity contribution in [1.29, 1.82) is 0 Å². The summed E-state index contributed by atoms with van der Waals surface area (Å²) >= 11 is 0. The Morgan fingerprint density at radius 1 is 1.29 bits per heavy atom. The van der Waals surface area contributed by atoms with Crippen molar-refractivity contribution < 1.29 is 5.11 Å². The molecule has 1 aliphatic rings. The number of pyridine rings is 2. The predicted octanol–water partition coefficient (Wildman–Crippen LogP) is 4.31. The summed E-state index contributed by atoms with van der Waals surface area (Å²) in [5.74, 6) is 0.0905. The van der Waals surface area contributed by atoms with Crippen LogP contribution in [0.5, 0.6) is 5.88 Å². The normalized spacial score (nSPS) is 14.7. The molecular weight excluding hydrogens is 352 g/mol. The van der Waals surface area contributed by atoms with Crippen LogP contribution < -0.4 is 0 Å². The minimum atomic E-state index is 0.0905. The van der Waals surface area contributed by atoms with Crippen LogP contribution in [0.3, 0.4) is 0 Å². The summed E-state index contributed by atoms with van der Waals surface area (Å²) in [4.78, 5) is 16.4. The molecule has 4 heterocycles. The fourth-order valence-corrected chi connectivity index (χ4v) is 3.50. The van der Waals surface area contributed by atoms with Gasteiger partial charge in [0, 0.05) is 23.3 Å². The van der Waals surface area contributed by atoms with E-state index < -0.39 is 0 Å². The molecule has 140 valence electrons. The number of hydrogen-bond acceptors (Lipinski definition) is 5. The largest absolute Gasteiger partial charge is 0.494 e. The molecular formula is C21H20N6O. The Bertz CT molecular complexity index is 1210. The first-order chi connectivity index (χ1) is 13.6. The zero-order chi connectivity index (χ0) is 19.3. The fourth-order valence-electron chi connectivity index (χ4n) is 3.50. The second kappa shape index (κ2) is 6.30. The van der Waals surface area contributed by atoms with Gasteiger partial charge in [-0.25, -0.2) is 4.99 Å². The molecule has 7 nitrogen and oxygen atoms in total. The first-order valence-corrected chi connectivity index (χ1v) is 9.31. The van der Waals surface area contributed by atoms with Crippen LogP contribution in [0.15, 0.2) is 48.1 Å². The summed E-state index contributed by atoms with van der Waals surface area (Å²) < 4.78 is 1.97. The summed E-state index contributed by atoms with van der Waals surface area (Å²) in [5.41, 5.74) is 5.83. The fraction of sp³-hybridized carbons (Fsp3) is 0.238. The van der Waals surface area contributed by atoms with Crippen LogP contribution in [-0.2, 0) is 0 Å². The van der Waals surface area contributed by atoms with Gasteiger partial charge < -0.3 is 10.1 Å². The molecule has 0 amide bonds. The molecule has 0 spiro atoms. The van der Waals surface area contributed by atoms with E-state index in [4.69, 9.17) is 0 Å². The van der Waals surface area contributed by atoms with Gasteiger partial charge >= 0.3 is 0 Å². The number of H-pyrrole nitrogens is 1. The minimum absolute atomic E-state index is 0.0905. The maximum atomic E-state index is 10.5. The van der Waals surface area contributed by atoms with E-state index in [-0.39, 0.29) is 5.88 Å². The van der Waals surface area contributed by atoms with Gasteiger partial charge in [-0.1, -0.05) is 0 Å². The molecule has 0 saturated heterocycles. The van der Waals surface area contributed by atoms with Crippen LogP contribution >= 0.6 is 0 Å². The lowest BCUT2D eigenvalue weighted by Crippen LogP contribution is -1.94. The number of fused-ring (bicyclic) bond motifs is 1. The van der Waals surface area contributed by atoms with Gasteiger partial charge in [-0.2, -0.15) is 5.10 Å². The number of aliphatic imine (C=N–C) groups is 1. The third-order valence-corrected chi connectivity index (χ3v) is 5.15. The molecule has 4 aromatic heterocycles. The second-order valence-electron chi connectivity index (χ2n) is 7.26. The number of nitrogens with zero attached hydrogens (tertiary/aromatic N) is 5. The molecule has 0 atom stereocenters. The van der Waals surface area contributed by atoms with Gasteiger partial charge in [-0.05, 0) is 44.4 Å². The molecule has 1 fully saturated rings. The second-order valence-corrected chi connectivity index (χ2v) is 7.26. The van der Waals surface area contributed by atoms with Crippen molar-refractivity contribution in [2.75, 3.05) is 0 Å². The Balaban J connectivity index is 1.59. The van der Waals surface area contributed by atoms with Crippen molar-refractivity contribution in [3.63, 3.8) is 0 Å². The van der Waals surface area contributed by atoms with E-state index in [2.05, 4.69) is 25.0 Å². The highest BCUT2D eigenvalue weighted by atomic mass is 16.3. The number of hydrogen-bond donors (Lipinski definition) is 2.